The first kappa shape index (κ1) is 16.7. The summed E-state index contributed by atoms with van der Waals surface area (Å²) in [5.74, 6) is 5.75. The molecule has 0 aliphatic heterocycles. The Balaban J connectivity index is 2.76. The topological polar surface area (TPSA) is 78.4 Å². The van der Waals surface area contributed by atoms with E-state index in [4.69, 9.17) is 5.11 Å². The zero-order valence-electron chi connectivity index (χ0n) is 11.7. The zero-order valence-corrected chi connectivity index (χ0v) is 12.5. The molecule has 1 aromatic carbocycles. The van der Waals surface area contributed by atoms with Crippen molar-refractivity contribution in [3.63, 3.8) is 0 Å². The van der Waals surface area contributed by atoms with Crippen molar-refractivity contribution in [3.8, 4) is 11.8 Å². The second-order valence-corrected chi connectivity index (χ2v) is 6.06. The Morgan fingerprint density at radius 3 is 2.65 bits per heavy atom. The third kappa shape index (κ3) is 6.17. The quantitative estimate of drug-likeness (QED) is 0.678. The lowest BCUT2D eigenvalue weighted by Crippen LogP contribution is -2.39. The Kier molecular flexibility index (Phi) is 6.68. The van der Waals surface area contributed by atoms with Gasteiger partial charge in [0, 0.05) is 24.6 Å². The van der Waals surface area contributed by atoms with E-state index in [2.05, 4.69) is 21.3 Å². The third-order valence-electron chi connectivity index (χ3n) is 2.32. The number of aliphatic hydroxyl groups is 1. The van der Waals surface area contributed by atoms with Crippen molar-refractivity contribution in [1.29, 1.82) is 0 Å². The van der Waals surface area contributed by atoms with E-state index in [0.717, 1.165) is 11.1 Å². The summed E-state index contributed by atoms with van der Waals surface area (Å²) >= 11 is 0. The Hall–Kier alpha value is -1.39. The molecule has 0 aromatic heterocycles. The summed E-state index contributed by atoms with van der Waals surface area (Å²) in [6, 6.07) is 7.15. The van der Waals surface area contributed by atoms with Crippen molar-refractivity contribution in [2.75, 3.05) is 6.61 Å². The first-order chi connectivity index (χ1) is 9.44. The van der Waals surface area contributed by atoms with Gasteiger partial charge in [0.15, 0.2) is 0 Å². The molecule has 0 spiro atoms. The molecule has 0 fully saturated rings. The molecular formula is C14H20N2O3S. The van der Waals surface area contributed by atoms with Crippen LogP contribution in [0.2, 0.25) is 0 Å². The van der Waals surface area contributed by atoms with Gasteiger partial charge in [-0.25, -0.2) is 0 Å². The van der Waals surface area contributed by atoms with Gasteiger partial charge in [0.25, 0.3) is 10.2 Å². The van der Waals surface area contributed by atoms with Crippen molar-refractivity contribution >= 4 is 10.2 Å². The maximum atomic E-state index is 11.7. The minimum atomic E-state index is -3.51. The second-order valence-electron chi connectivity index (χ2n) is 4.53. The molecule has 5 nitrogen and oxygen atoms in total. The molecule has 110 valence electrons. The van der Waals surface area contributed by atoms with E-state index < -0.39 is 10.2 Å². The van der Waals surface area contributed by atoms with Crippen LogP contribution in [-0.2, 0) is 16.8 Å². The average molecular weight is 296 g/mol. The molecule has 3 N–H and O–H groups in total. The summed E-state index contributed by atoms with van der Waals surface area (Å²) in [6.07, 6.45) is 0.398. The molecule has 0 unspecified atom stereocenters. The molecule has 0 saturated carbocycles. The maximum Gasteiger partial charge on any atom is 0.277 e. The van der Waals surface area contributed by atoms with Gasteiger partial charge in [-0.3, -0.25) is 0 Å². The van der Waals surface area contributed by atoms with Crippen LogP contribution in [0.25, 0.3) is 0 Å². The Morgan fingerprint density at radius 1 is 1.30 bits per heavy atom. The van der Waals surface area contributed by atoms with E-state index >= 15 is 0 Å². The van der Waals surface area contributed by atoms with Gasteiger partial charge in [-0.2, -0.15) is 17.9 Å². The molecule has 0 radical (unpaired) electrons. The van der Waals surface area contributed by atoms with Crippen LogP contribution in [0.4, 0.5) is 0 Å². The molecule has 0 aliphatic rings. The number of aliphatic hydroxyl groups excluding tert-OH is 1. The highest BCUT2D eigenvalue weighted by molar-refractivity contribution is 7.87. The molecule has 1 rings (SSSR count). The Labute approximate surface area is 120 Å². The van der Waals surface area contributed by atoms with Gasteiger partial charge in [-0.1, -0.05) is 30.0 Å². The van der Waals surface area contributed by atoms with Crippen LogP contribution in [0.1, 0.15) is 31.4 Å². The normalized spacial score (nSPS) is 11.2. The Morgan fingerprint density at radius 2 is 2.00 bits per heavy atom. The van der Waals surface area contributed by atoms with Gasteiger partial charge in [0.05, 0.1) is 6.61 Å². The molecule has 1 aromatic rings. The van der Waals surface area contributed by atoms with E-state index in [1.165, 1.54) is 0 Å². The number of hydrogen-bond acceptors (Lipinski definition) is 3. The van der Waals surface area contributed by atoms with Crippen molar-refractivity contribution in [2.24, 2.45) is 0 Å². The van der Waals surface area contributed by atoms with Gasteiger partial charge < -0.3 is 5.11 Å². The molecule has 20 heavy (non-hydrogen) atoms. The van der Waals surface area contributed by atoms with Gasteiger partial charge >= 0.3 is 0 Å². The molecular weight excluding hydrogens is 276 g/mol. The number of rotatable bonds is 6. The van der Waals surface area contributed by atoms with E-state index in [1.807, 2.05) is 24.3 Å². The van der Waals surface area contributed by atoms with Crippen molar-refractivity contribution < 1.29 is 13.5 Å². The van der Waals surface area contributed by atoms with Crippen molar-refractivity contribution in [1.82, 2.24) is 9.44 Å². The molecule has 0 heterocycles. The first-order valence-corrected chi connectivity index (χ1v) is 7.87. The predicted molar refractivity (Wildman–Crippen MR) is 79.1 cm³/mol. The minimum absolute atomic E-state index is 0.0140. The summed E-state index contributed by atoms with van der Waals surface area (Å²) in [7, 11) is -3.51. The van der Waals surface area contributed by atoms with Crippen LogP contribution in [0.3, 0.4) is 0 Å². The number of nitrogens with one attached hydrogen (secondary N) is 2. The summed E-state index contributed by atoms with van der Waals surface area (Å²) in [6.45, 7) is 3.70. The van der Waals surface area contributed by atoms with Crippen molar-refractivity contribution in [3.05, 3.63) is 35.4 Å². The zero-order chi connectivity index (χ0) is 15.0. The highest BCUT2D eigenvalue weighted by atomic mass is 32.2. The summed E-state index contributed by atoms with van der Waals surface area (Å²) < 4.78 is 28.3. The highest BCUT2D eigenvalue weighted by Gasteiger charge is 2.11. The number of benzene rings is 1. The lowest BCUT2D eigenvalue weighted by molar-refractivity contribution is 0.305. The van der Waals surface area contributed by atoms with E-state index in [-0.39, 0.29) is 19.2 Å². The molecule has 0 saturated heterocycles. The Bertz CT molecular complexity index is 586. The summed E-state index contributed by atoms with van der Waals surface area (Å²) in [4.78, 5) is 0. The SMILES string of the molecule is CC(C)NS(=O)(=O)NCc1ccccc1C#CCCO. The standard InChI is InChI=1S/C14H20N2O3S/c1-12(2)16-20(18,19)15-11-14-9-4-3-7-13(14)8-5-6-10-17/h3-4,7,9,12,15-17H,6,10-11H2,1-2H3. The fourth-order valence-corrected chi connectivity index (χ4v) is 2.58. The summed E-state index contributed by atoms with van der Waals surface area (Å²) in [5, 5.41) is 8.71. The molecule has 0 amide bonds. The molecule has 6 heteroatoms. The highest BCUT2D eigenvalue weighted by Crippen LogP contribution is 2.07. The van der Waals surface area contributed by atoms with Crippen LogP contribution < -0.4 is 9.44 Å². The van der Waals surface area contributed by atoms with E-state index in [9.17, 15) is 8.42 Å². The van der Waals surface area contributed by atoms with Crippen LogP contribution in [0, 0.1) is 11.8 Å². The van der Waals surface area contributed by atoms with Gasteiger partial charge in [0.1, 0.15) is 0 Å². The monoisotopic (exact) mass is 296 g/mol. The lowest BCUT2D eigenvalue weighted by Gasteiger charge is -2.11. The smallest absolute Gasteiger partial charge is 0.277 e. The summed E-state index contributed by atoms with van der Waals surface area (Å²) in [5.41, 5.74) is 1.56. The fourth-order valence-electron chi connectivity index (χ4n) is 1.53. The third-order valence-corrected chi connectivity index (χ3v) is 3.63. The lowest BCUT2D eigenvalue weighted by atomic mass is 10.1. The molecule has 0 bridgehead atoms. The van der Waals surface area contributed by atoms with Crippen LogP contribution in [-0.4, -0.2) is 26.2 Å². The minimum Gasteiger partial charge on any atom is -0.395 e. The largest absolute Gasteiger partial charge is 0.395 e. The van der Waals surface area contributed by atoms with Gasteiger partial charge in [-0.15, -0.1) is 0 Å². The first-order valence-electron chi connectivity index (χ1n) is 6.39. The average Bonchev–Trinajstić information content (AvgIpc) is 2.36. The maximum absolute atomic E-state index is 11.7. The van der Waals surface area contributed by atoms with Crippen molar-refractivity contribution in [2.45, 2.75) is 32.9 Å². The second kappa shape index (κ2) is 8.02. The van der Waals surface area contributed by atoms with Gasteiger partial charge in [-0.05, 0) is 25.5 Å². The van der Waals surface area contributed by atoms with Crippen LogP contribution in [0.15, 0.2) is 24.3 Å². The molecule has 0 atom stereocenters. The van der Waals surface area contributed by atoms with Crippen LogP contribution in [0.5, 0.6) is 0 Å². The fraction of sp³-hybridized carbons (Fsp3) is 0.429. The van der Waals surface area contributed by atoms with E-state index in [1.54, 1.807) is 13.8 Å². The predicted octanol–water partition coefficient (Wildman–Crippen LogP) is 0.753. The van der Waals surface area contributed by atoms with Crippen LogP contribution >= 0.6 is 0 Å². The molecule has 0 aliphatic carbocycles. The number of hydrogen-bond donors (Lipinski definition) is 3. The van der Waals surface area contributed by atoms with Gasteiger partial charge in [0.2, 0.25) is 0 Å². The van der Waals surface area contributed by atoms with E-state index in [0.29, 0.717) is 6.42 Å².